The molecule has 2 rings (SSSR count). The number of unbranched alkanes of at least 4 members (excludes halogenated alkanes) is 11. The summed E-state index contributed by atoms with van der Waals surface area (Å²) in [5.74, 6) is -3.89. The van der Waals surface area contributed by atoms with Gasteiger partial charge in [-0.05, 0) is 30.4 Å². The van der Waals surface area contributed by atoms with E-state index in [1.165, 1.54) is 19.3 Å². The maximum atomic E-state index is 13.0. The van der Waals surface area contributed by atoms with Crippen molar-refractivity contribution in [2.24, 2.45) is 0 Å². The predicted octanol–water partition coefficient (Wildman–Crippen LogP) is 6.98. The maximum Gasteiger partial charge on any atom is 0.328 e. The first kappa shape index (κ1) is 44.4. The van der Waals surface area contributed by atoms with Crippen LogP contribution in [-0.4, -0.2) is 69.9 Å². The molecule has 12 nitrogen and oxygen atoms in total. The lowest BCUT2D eigenvalue weighted by Gasteiger charge is -2.23. The molecule has 12 heteroatoms. The van der Waals surface area contributed by atoms with Gasteiger partial charge < -0.3 is 29.9 Å². The van der Waals surface area contributed by atoms with Gasteiger partial charge in [0.25, 0.3) is 0 Å². The van der Waals surface area contributed by atoms with Crippen molar-refractivity contribution < 1.29 is 48.5 Å². The highest BCUT2D eigenvalue weighted by molar-refractivity contribution is 5.85. The molecule has 0 saturated carbocycles. The Morgan fingerprint density at radius 2 is 0.981 bits per heavy atom. The van der Waals surface area contributed by atoms with Crippen molar-refractivity contribution in [3.8, 4) is 0 Å². The molecule has 0 heterocycles. The molecular weight excluding hydrogens is 680 g/mol. The van der Waals surface area contributed by atoms with Gasteiger partial charge in [0.05, 0.1) is 12.8 Å². The number of carbonyl (C=O) groups is 6. The summed E-state index contributed by atoms with van der Waals surface area (Å²) in [7, 11) is 0. The van der Waals surface area contributed by atoms with E-state index in [1.807, 2.05) is 48.5 Å². The Balaban J connectivity index is 1.61. The SMILES string of the molecule is O=C(O)CCN(CCC(=O)O)C(=O)CCC(NC(=O)CCCCCCCCCCCCCCC(=O)OCc1ccccc1)C(=O)OCc1ccccc1. The van der Waals surface area contributed by atoms with Crippen molar-refractivity contribution in [3.63, 3.8) is 0 Å². The second-order valence-electron chi connectivity index (χ2n) is 13.3. The standard InChI is InChI=1S/C41H58N2O10/c44-36(23-17-9-7-5-3-1-2-4-6-8-10-18-24-40(50)52-31-33-19-13-11-14-20-33)42-35(41(51)53-32-34-21-15-12-16-22-34)25-26-37(45)43(29-27-38(46)47)30-28-39(48)49/h11-16,19-22,35H,1-10,17-18,23-32H2,(H,42,44)(H,46,47)(H,48,49). The van der Waals surface area contributed by atoms with Gasteiger partial charge >= 0.3 is 23.9 Å². The number of hydrogen-bond acceptors (Lipinski definition) is 8. The Labute approximate surface area is 313 Å². The average Bonchev–Trinajstić information content (AvgIpc) is 3.15. The van der Waals surface area contributed by atoms with Crippen LogP contribution in [0.5, 0.6) is 0 Å². The van der Waals surface area contributed by atoms with Crippen LogP contribution in [0.1, 0.15) is 127 Å². The van der Waals surface area contributed by atoms with E-state index in [2.05, 4.69) is 5.32 Å². The summed E-state index contributed by atoms with van der Waals surface area (Å²) < 4.78 is 10.8. The van der Waals surface area contributed by atoms with Crippen molar-refractivity contribution in [2.45, 2.75) is 135 Å². The molecule has 0 radical (unpaired) electrons. The molecule has 0 spiro atoms. The number of hydrogen-bond donors (Lipinski definition) is 3. The van der Waals surface area contributed by atoms with E-state index in [4.69, 9.17) is 19.7 Å². The van der Waals surface area contributed by atoms with Gasteiger partial charge in [-0.15, -0.1) is 0 Å². The quantitative estimate of drug-likeness (QED) is 0.0560. The summed E-state index contributed by atoms with van der Waals surface area (Å²) in [6, 6.07) is 17.6. The highest BCUT2D eigenvalue weighted by Crippen LogP contribution is 2.14. The van der Waals surface area contributed by atoms with Crippen LogP contribution in [0.4, 0.5) is 0 Å². The molecule has 0 bridgehead atoms. The van der Waals surface area contributed by atoms with Crippen LogP contribution >= 0.6 is 0 Å². The van der Waals surface area contributed by atoms with E-state index in [0.717, 1.165) is 67.4 Å². The van der Waals surface area contributed by atoms with Crippen LogP contribution in [0.3, 0.4) is 0 Å². The highest BCUT2D eigenvalue weighted by atomic mass is 16.5. The van der Waals surface area contributed by atoms with Crippen molar-refractivity contribution in [1.82, 2.24) is 10.2 Å². The van der Waals surface area contributed by atoms with Gasteiger partial charge in [-0.2, -0.15) is 0 Å². The molecule has 0 aromatic heterocycles. The monoisotopic (exact) mass is 738 g/mol. The molecule has 0 aliphatic rings. The number of nitrogens with one attached hydrogen (secondary N) is 1. The second kappa shape index (κ2) is 27.9. The predicted molar refractivity (Wildman–Crippen MR) is 199 cm³/mol. The Kier molecular flexibility index (Phi) is 23.3. The summed E-state index contributed by atoms with van der Waals surface area (Å²) in [5, 5.41) is 20.8. The van der Waals surface area contributed by atoms with Crippen molar-refractivity contribution in [3.05, 3.63) is 71.8 Å². The molecule has 1 unspecified atom stereocenters. The van der Waals surface area contributed by atoms with Crippen molar-refractivity contribution in [2.75, 3.05) is 13.1 Å². The van der Waals surface area contributed by atoms with Gasteiger partial charge in [-0.1, -0.05) is 125 Å². The summed E-state index contributed by atoms with van der Waals surface area (Å²) in [4.78, 5) is 73.9. The zero-order valence-electron chi connectivity index (χ0n) is 31.0. The number of carboxylic acids is 2. The second-order valence-corrected chi connectivity index (χ2v) is 13.3. The molecule has 2 aromatic rings. The molecule has 3 N–H and O–H groups in total. The Bertz CT molecular complexity index is 1350. The van der Waals surface area contributed by atoms with Gasteiger partial charge in [0.1, 0.15) is 19.3 Å². The molecule has 2 amide bonds. The fourth-order valence-electron chi connectivity index (χ4n) is 5.73. The van der Waals surface area contributed by atoms with Crippen LogP contribution in [-0.2, 0) is 51.5 Å². The van der Waals surface area contributed by atoms with Crippen molar-refractivity contribution in [1.29, 1.82) is 0 Å². The first-order valence-corrected chi connectivity index (χ1v) is 19.0. The summed E-state index contributed by atoms with van der Waals surface area (Å²) in [6.07, 6.45) is 12.2. The Morgan fingerprint density at radius 1 is 0.547 bits per heavy atom. The average molecular weight is 739 g/mol. The van der Waals surface area contributed by atoms with Gasteiger partial charge in [0, 0.05) is 32.4 Å². The topological polar surface area (TPSA) is 177 Å². The third-order valence-corrected chi connectivity index (χ3v) is 8.81. The Hall–Kier alpha value is -4.74. The number of rotatable bonds is 30. The molecule has 0 fully saturated rings. The van der Waals surface area contributed by atoms with Crippen LogP contribution in [0.2, 0.25) is 0 Å². The van der Waals surface area contributed by atoms with Crippen LogP contribution in [0.25, 0.3) is 0 Å². The minimum Gasteiger partial charge on any atom is -0.481 e. The van der Waals surface area contributed by atoms with E-state index >= 15 is 0 Å². The first-order valence-electron chi connectivity index (χ1n) is 19.0. The van der Waals surface area contributed by atoms with Gasteiger partial charge in [0.2, 0.25) is 11.8 Å². The smallest absolute Gasteiger partial charge is 0.328 e. The third-order valence-electron chi connectivity index (χ3n) is 8.81. The van der Waals surface area contributed by atoms with Crippen LogP contribution in [0.15, 0.2) is 60.7 Å². The van der Waals surface area contributed by atoms with Gasteiger partial charge in [-0.25, -0.2) is 4.79 Å². The minimum atomic E-state index is -1.12. The number of nitrogens with zero attached hydrogens (tertiary/aromatic N) is 1. The van der Waals surface area contributed by atoms with Crippen LogP contribution in [0, 0.1) is 0 Å². The molecular formula is C41H58N2O10. The molecule has 2 aromatic carbocycles. The summed E-state index contributed by atoms with van der Waals surface area (Å²) in [5.41, 5.74) is 1.76. The number of carboxylic acid groups (broad SMARTS) is 2. The molecule has 292 valence electrons. The van der Waals surface area contributed by atoms with Crippen molar-refractivity contribution >= 4 is 35.7 Å². The van der Waals surface area contributed by atoms with E-state index in [-0.39, 0.29) is 63.7 Å². The fourth-order valence-corrected chi connectivity index (χ4v) is 5.73. The molecule has 0 saturated heterocycles. The van der Waals surface area contributed by atoms with E-state index < -0.39 is 29.9 Å². The summed E-state index contributed by atoms with van der Waals surface area (Å²) >= 11 is 0. The number of carbonyl (C=O) groups excluding carboxylic acids is 4. The number of ether oxygens (including phenoxy) is 2. The van der Waals surface area contributed by atoms with E-state index in [9.17, 15) is 28.8 Å². The van der Waals surface area contributed by atoms with E-state index in [0.29, 0.717) is 19.4 Å². The fraction of sp³-hybridized carbons (Fsp3) is 0.561. The molecule has 0 aliphatic carbocycles. The zero-order chi connectivity index (χ0) is 38.5. The largest absolute Gasteiger partial charge is 0.481 e. The van der Waals surface area contributed by atoms with Crippen LogP contribution < -0.4 is 5.32 Å². The molecule has 0 aliphatic heterocycles. The molecule has 53 heavy (non-hydrogen) atoms. The minimum absolute atomic E-state index is 0.00273. The number of esters is 2. The van der Waals surface area contributed by atoms with Gasteiger partial charge in [-0.3, -0.25) is 24.0 Å². The highest BCUT2D eigenvalue weighted by Gasteiger charge is 2.25. The normalized spacial score (nSPS) is 11.3. The number of benzene rings is 2. The third kappa shape index (κ3) is 22.7. The first-order chi connectivity index (χ1) is 25.6. The van der Waals surface area contributed by atoms with Gasteiger partial charge in [0.15, 0.2) is 0 Å². The summed E-state index contributed by atoms with van der Waals surface area (Å²) in [6.45, 7) is 0.00747. The molecule has 1 atom stereocenters. The Morgan fingerprint density at radius 3 is 1.45 bits per heavy atom. The zero-order valence-corrected chi connectivity index (χ0v) is 31.0. The maximum absolute atomic E-state index is 13.0. The lowest BCUT2D eigenvalue weighted by molar-refractivity contribution is -0.149. The lowest BCUT2D eigenvalue weighted by Crippen LogP contribution is -2.43. The number of amides is 2. The lowest BCUT2D eigenvalue weighted by atomic mass is 10.0. The van der Waals surface area contributed by atoms with E-state index in [1.54, 1.807) is 12.1 Å². The number of aliphatic carboxylic acids is 2.